The molecular formula is C34H41FN6O5S. The van der Waals surface area contributed by atoms with E-state index in [9.17, 15) is 17.6 Å². The molecule has 0 aliphatic carbocycles. The fourth-order valence-electron chi connectivity index (χ4n) is 6.07. The molecule has 11 nitrogen and oxygen atoms in total. The second kappa shape index (κ2) is 14.6. The predicted molar refractivity (Wildman–Crippen MR) is 181 cm³/mol. The maximum atomic E-state index is 14.0. The van der Waals surface area contributed by atoms with Crippen LogP contribution < -0.4 is 25.8 Å². The van der Waals surface area contributed by atoms with Gasteiger partial charge in [-0.3, -0.25) is 4.79 Å². The zero-order valence-corrected chi connectivity index (χ0v) is 27.6. The van der Waals surface area contributed by atoms with Crippen molar-refractivity contribution < 1.29 is 27.1 Å². The summed E-state index contributed by atoms with van der Waals surface area (Å²) in [7, 11) is -0.541. The van der Waals surface area contributed by atoms with Gasteiger partial charge in [0.05, 0.1) is 36.1 Å². The molecule has 0 spiro atoms. The van der Waals surface area contributed by atoms with Crippen LogP contribution in [-0.4, -0.2) is 76.0 Å². The number of Topliss-reactive ketones (excluding diaryl/α,β-unsaturated/α-hetero) is 1. The number of piperidine rings is 1. The third kappa shape index (κ3) is 7.76. The Morgan fingerprint density at radius 3 is 2.36 bits per heavy atom. The molecule has 1 aliphatic rings. The van der Waals surface area contributed by atoms with E-state index in [-0.39, 0.29) is 22.9 Å². The smallest absolute Gasteiger partial charge is 0.240 e. The zero-order chi connectivity index (χ0) is 33.7. The van der Waals surface area contributed by atoms with Gasteiger partial charge in [-0.25, -0.2) is 23.4 Å². The number of sulfonamides is 1. The number of hydrogen-bond donors (Lipinski definition) is 4. The van der Waals surface area contributed by atoms with Crippen LogP contribution in [0.15, 0.2) is 71.8 Å². The molecule has 0 unspecified atom stereocenters. The summed E-state index contributed by atoms with van der Waals surface area (Å²) in [6.07, 6.45) is 3.33. The normalized spacial score (nSPS) is 14.8. The molecule has 5 rings (SSSR count). The molecule has 1 saturated heterocycles. The molecule has 0 amide bonds. The van der Waals surface area contributed by atoms with Gasteiger partial charge in [-0.1, -0.05) is 18.2 Å². The highest BCUT2D eigenvalue weighted by molar-refractivity contribution is 7.89. The first-order chi connectivity index (χ1) is 22.5. The molecule has 47 heavy (non-hydrogen) atoms. The van der Waals surface area contributed by atoms with Crippen molar-refractivity contribution in [3.63, 3.8) is 0 Å². The summed E-state index contributed by atoms with van der Waals surface area (Å²) >= 11 is 0. The first-order valence-electron chi connectivity index (χ1n) is 15.3. The van der Waals surface area contributed by atoms with Crippen LogP contribution in [0.2, 0.25) is 0 Å². The number of aromatic nitrogens is 1. The van der Waals surface area contributed by atoms with Gasteiger partial charge in [0.1, 0.15) is 17.3 Å². The number of carbonyl (C=O) groups excluding carboxylic acids is 1. The van der Waals surface area contributed by atoms with Crippen LogP contribution in [0, 0.1) is 11.7 Å². The first kappa shape index (κ1) is 33.9. The number of methoxy groups -OCH3 is 2. The molecule has 250 valence electrons. The fourth-order valence-corrected chi connectivity index (χ4v) is 7.09. The van der Waals surface area contributed by atoms with Crippen LogP contribution in [0.5, 0.6) is 11.5 Å². The average Bonchev–Trinajstić information content (AvgIpc) is 3.44. The van der Waals surface area contributed by atoms with E-state index in [1.54, 1.807) is 50.8 Å². The highest BCUT2D eigenvalue weighted by atomic mass is 32.2. The van der Waals surface area contributed by atoms with E-state index < -0.39 is 15.8 Å². The van der Waals surface area contributed by atoms with Crippen molar-refractivity contribution in [1.82, 2.24) is 19.6 Å². The van der Waals surface area contributed by atoms with E-state index in [4.69, 9.17) is 21.1 Å². The summed E-state index contributed by atoms with van der Waals surface area (Å²) in [5, 5.41) is 2.04. The second-order valence-corrected chi connectivity index (χ2v) is 13.4. The Balaban J connectivity index is 1.12. The van der Waals surface area contributed by atoms with Gasteiger partial charge in [0.15, 0.2) is 5.78 Å². The summed E-state index contributed by atoms with van der Waals surface area (Å²) in [5.41, 5.74) is 9.55. The number of nitrogens with one attached hydrogen (secondary N) is 2. The maximum Gasteiger partial charge on any atom is 0.240 e. The Bertz CT molecular complexity index is 1850. The number of likely N-dealkylation sites (tertiary alicyclic amines) is 1. The Labute approximate surface area is 274 Å². The van der Waals surface area contributed by atoms with Crippen molar-refractivity contribution in [2.75, 3.05) is 46.9 Å². The molecule has 0 radical (unpaired) electrons. The highest BCUT2D eigenvalue weighted by Gasteiger charge is 2.23. The fraction of sp³-hybridized carbons (Fsp3) is 0.324. The summed E-state index contributed by atoms with van der Waals surface area (Å²) in [5.74, 6) is 7.23. The molecule has 6 N–H and O–H groups in total. The molecule has 1 aliphatic heterocycles. The van der Waals surface area contributed by atoms with E-state index >= 15 is 0 Å². The lowest BCUT2D eigenvalue weighted by Crippen LogP contribution is -2.42. The summed E-state index contributed by atoms with van der Waals surface area (Å²) < 4.78 is 53.7. The van der Waals surface area contributed by atoms with Crippen molar-refractivity contribution in [2.24, 2.45) is 17.5 Å². The van der Waals surface area contributed by atoms with Crippen LogP contribution in [0.1, 0.15) is 35.8 Å². The van der Waals surface area contributed by atoms with E-state index in [1.807, 2.05) is 18.2 Å². The van der Waals surface area contributed by atoms with Gasteiger partial charge < -0.3 is 30.1 Å². The van der Waals surface area contributed by atoms with Gasteiger partial charge in [0, 0.05) is 49.2 Å². The topological polar surface area (TPSA) is 156 Å². The molecule has 1 aromatic heterocycles. The number of halogens is 1. The number of aromatic amines is 1. The molecule has 3 aromatic carbocycles. The number of nitrogens with two attached hydrogens (primary N) is 2. The van der Waals surface area contributed by atoms with Gasteiger partial charge in [0.25, 0.3) is 0 Å². The Morgan fingerprint density at radius 2 is 1.74 bits per heavy atom. The van der Waals surface area contributed by atoms with Crippen molar-refractivity contribution in [3.8, 4) is 22.6 Å². The van der Waals surface area contributed by atoms with Crippen LogP contribution >= 0.6 is 0 Å². The number of nitrogens with zero attached hydrogens (tertiary/aromatic N) is 2. The minimum Gasteiger partial charge on any atom is -0.496 e. The maximum absolute atomic E-state index is 14.0. The number of benzene rings is 3. The SMILES string of the molecule is COc1cccc(OC)c1-c1ccc(S(=O)(=O)NCCN2CCC(CN(N)/C=C(\N)c3c(C(C)=O)[nH]c4ccc(F)cc34)CC2)cc1. The summed E-state index contributed by atoms with van der Waals surface area (Å²) in [6.45, 7) is 4.42. The number of ketones is 1. The molecule has 1 fully saturated rings. The van der Waals surface area contributed by atoms with Gasteiger partial charge in [-0.2, -0.15) is 0 Å². The van der Waals surface area contributed by atoms with Crippen molar-refractivity contribution >= 4 is 32.4 Å². The zero-order valence-electron chi connectivity index (χ0n) is 26.8. The number of hydrazine groups is 1. The number of H-pyrrole nitrogens is 1. The molecule has 2 heterocycles. The quantitative estimate of drug-likeness (QED) is 0.0929. The molecule has 0 bridgehead atoms. The first-order valence-corrected chi connectivity index (χ1v) is 16.8. The lowest BCUT2D eigenvalue weighted by Gasteiger charge is -2.33. The molecule has 0 atom stereocenters. The molecule has 13 heteroatoms. The highest BCUT2D eigenvalue weighted by Crippen LogP contribution is 2.38. The largest absolute Gasteiger partial charge is 0.496 e. The number of hydrogen-bond acceptors (Lipinski definition) is 9. The van der Waals surface area contributed by atoms with Gasteiger partial charge in [0.2, 0.25) is 10.0 Å². The number of carbonyl (C=O) groups is 1. The molecule has 0 saturated carbocycles. The Hall–Kier alpha value is -4.43. The van der Waals surface area contributed by atoms with Crippen molar-refractivity contribution in [3.05, 3.63) is 83.9 Å². The summed E-state index contributed by atoms with van der Waals surface area (Å²) in [6, 6.07) is 16.4. The van der Waals surface area contributed by atoms with Crippen molar-refractivity contribution in [2.45, 2.75) is 24.7 Å². The van der Waals surface area contributed by atoms with E-state index in [0.29, 0.717) is 52.7 Å². The van der Waals surface area contributed by atoms with Gasteiger partial charge in [-0.05, 0) is 79.9 Å². The minimum atomic E-state index is -3.70. The molecular weight excluding hydrogens is 623 g/mol. The average molecular weight is 665 g/mol. The lowest BCUT2D eigenvalue weighted by atomic mass is 9.96. The summed E-state index contributed by atoms with van der Waals surface area (Å²) in [4.78, 5) is 17.7. The number of rotatable bonds is 13. The van der Waals surface area contributed by atoms with Crippen LogP contribution in [0.25, 0.3) is 27.7 Å². The van der Waals surface area contributed by atoms with Crippen LogP contribution in [0.4, 0.5) is 4.39 Å². The van der Waals surface area contributed by atoms with Crippen molar-refractivity contribution in [1.29, 1.82) is 0 Å². The predicted octanol–water partition coefficient (Wildman–Crippen LogP) is 4.32. The van der Waals surface area contributed by atoms with Crippen LogP contribution in [-0.2, 0) is 10.0 Å². The third-order valence-electron chi connectivity index (χ3n) is 8.48. The minimum absolute atomic E-state index is 0.178. The van der Waals surface area contributed by atoms with Gasteiger partial charge >= 0.3 is 0 Å². The Kier molecular flexibility index (Phi) is 10.5. The number of ether oxygens (including phenoxy) is 2. The monoisotopic (exact) mass is 664 g/mol. The third-order valence-corrected chi connectivity index (χ3v) is 9.96. The Morgan fingerprint density at radius 1 is 1.09 bits per heavy atom. The lowest BCUT2D eigenvalue weighted by molar-refractivity contribution is 0.101. The standard InChI is InChI=1S/C34H41FN6O5S/c1-22(42)34-33(27-19-25(35)9-12-29(27)39-34)28(36)21-41(37)20-23-13-16-40(17-14-23)18-15-38-47(43,44)26-10-7-24(8-11-26)32-30(45-2)5-4-6-31(32)46-3/h4-12,19,21,23,38-39H,13-18,20,36-37H2,1-3H3/b28-21-. The van der Waals surface area contributed by atoms with E-state index in [0.717, 1.165) is 37.1 Å². The number of fused-ring (bicyclic) bond motifs is 1. The second-order valence-electron chi connectivity index (χ2n) is 11.6. The molecule has 4 aromatic rings. The van der Waals surface area contributed by atoms with E-state index in [1.165, 1.54) is 24.1 Å². The van der Waals surface area contributed by atoms with Gasteiger partial charge in [-0.15, -0.1) is 0 Å². The van der Waals surface area contributed by atoms with E-state index in [2.05, 4.69) is 14.6 Å². The van der Waals surface area contributed by atoms with Crippen LogP contribution in [0.3, 0.4) is 0 Å².